The van der Waals surface area contributed by atoms with Gasteiger partial charge in [-0.15, -0.1) is 0 Å². The third kappa shape index (κ3) is 6.33. The second-order valence-electron chi connectivity index (χ2n) is 2.46. The lowest BCUT2D eigenvalue weighted by atomic mass is 10.3. The molecule has 0 radical (unpaired) electrons. The SMILES string of the molecule is CCOC(=O)C=C(CC(F)(F)F)NC. The van der Waals surface area contributed by atoms with Crippen molar-refractivity contribution >= 4 is 5.97 Å². The number of esters is 1. The van der Waals surface area contributed by atoms with Gasteiger partial charge in [0.1, 0.15) is 0 Å². The molecule has 82 valence electrons. The van der Waals surface area contributed by atoms with Crippen molar-refractivity contribution in [3.8, 4) is 0 Å². The van der Waals surface area contributed by atoms with Crippen LogP contribution in [0.4, 0.5) is 13.2 Å². The number of rotatable bonds is 4. The molecule has 3 nitrogen and oxygen atoms in total. The predicted molar refractivity (Wildman–Crippen MR) is 44.4 cm³/mol. The number of halogens is 3. The van der Waals surface area contributed by atoms with Crippen LogP contribution in [0.15, 0.2) is 11.8 Å². The molecule has 0 rings (SSSR count). The molecule has 0 saturated heterocycles. The van der Waals surface area contributed by atoms with Gasteiger partial charge in [0.25, 0.3) is 0 Å². The van der Waals surface area contributed by atoms with Gasteiger partial charge in [-0.2, -0.15) is 13.2 Å². The molecule has 6 heteroatoms. The van der Waals surface area contributed by atoms with Crippen LogP contribution < -0.4 is 5.32 Å². The summed E-state index contributed by atoms with van der Waals surface area (Å²) in [6.45, 7) is 1.72. The molecule has 0 amide bonds. The summed E-state index contributed by atoms with van der Waals surface area (Å²) in [5.41, 5.74) is -0.212. The summed E-state index contributed by atoms with van der Waals surface area (Å²) in [4.78, 5) is 10.8. The van der Waals surface area contributed by atoms with Crippen molar-refractivity contribution in [3.63, 3.8) is 0 Å². The Kier molecular flexibility index (Phi) is 5.04. The first kappa shape index (κ1) is 12.8. The Morgan fingerprint density at radius 3 is 2.43 bits per heavy atom. The molecule has 0 aliphatic carbocycles. The first-order valence-corrected chi connectivity index (χ1v) is 4.01. The molecule has 0 aromatic heterocycles. The average molecular weight is 211 g/mol. The molecule has 0 aromatic carbocycles. The molecule has 0 atom stereocenters. The molecule has 0 aromatic rings. The van der Waals surface area contributed by atoms with Crippen LogP contribution in [0.3, 0.4) is 0 Å². The number of hydrogen-bond donors (Lipinski definition) is 1. The van der Waals surface area contributed by atoms with Gasteiger partial charge in [0.2, 0.25) is 0 Å². The van der Waals surface area contributed by atoms with Gasteiger partial charge < -0.3 is 10.1 Å². The molecule has 1 N–H and O–H groups in total. The fourth-order valence-corrected chi connectivity index (χ4v) is 0.754. The zero-order valence-electron chi connectivity index (χ0n) is 7.94. The van der Waals surface area contributed by atoms with Crippen LogP contribution in [0.5, 0.6) is 0 Å². The van der Waals surface area contributed by atoms with E-state index in [0.29, 0.717) is 0 Å². The maximum atomic E-state index is 11.9. The van der Waals surface area contributed by atoms with E-state index >= 15 is 0 Å². The highest BCUT2D eigenvalue weighted by atomic mass is 19.4. The predicted octanol–water partition coefficient (Wildman–Crippen LogP) is 1.61. The molecule has 0 unspecified atom stereocenters. The number of carbonyl (C=O) groups excluding carboxylic acids is 1. The Morgan fingerprint density at radius 2 is 2.07 bits per heavy atom. The van der Waals surface area contributed by atoms with E-state index in [1.807, 2.05) is 0 Å². The molecule has 0 bridgehead atoms. The third-order valence-electron chi connectivity index (χ3n) is 1.29. The van der Waals surface area contributed by atoms with Crippen LogP contribution in [-0.4, -0.2) is 25.8 Å². The fourth-order valence-electron chi connectivity index (χ4n) is 0.754. The van der Waals surface area contributed by atoms with E-state index in [4.69, 9.17) is 0 Å². The van der Waals surface area contributed by atoms with Gasteiger partial charge >= 0.3 is 12.1 Å². The number of alkyl halides is 3. The molecule has 0 heterocycles. The Hall–Kier alpha value is -1.20. The number of hydrogen-bond acceptors (Lipinski definition) is 3. The highest BCUT2D eigenvalue weighted by molar-refractivity contribution is 5.82. The van der Waals surface area contributed by atoms with Crippen molar-refractivity contribution in [1.29, 1.82) is 0 Å². The van der Waals surface area contributed by atoms with E-state index in [1.165, 1.54) is 7.05 Å². The van der Waals surface area contributed by atoms with Crippen LogP contribution >= 0.6 is 0 Å². The van der Waals surface area contributed by atoms with Gasteiger partial charge in [-0.1, -0.05) is 0 Å². The fraction of sp³-hybridized carbons (Fsp3) is 0.625. The van der Waals surface area contributed by atoms with Crippen molar-refractivity contribution in [3.05, 3.63) is 11.8 Å². The lowest BCUT2D eigenvalue weighted by Crippen LogP contribution is -2.18. The topological polar surface area (TPSA) is 38.3 Å². The first-order chi connectivity index (χ1) is 6.39. The van der Waals surface area contributed by atoms with Crippen LogP contribution in [0, 0.1) is 0 Å². The molecule has 0 aliphatic heterocycles. The van der Waals surface area contributed by atoms with Gasteiger partial charge in [0, 0.05) is 18.8 Å². The van der Waals surface area contributed by atoms with Gasteiger partial charge in [0.05, 0.1) is 13.0 Å². The van der Waals surface area contributed by atoms with Crippen LogP contribution in [0.2, 0.25) is 0 Å². The number of nitrogens with one attached hydrogen (secondary N) is 1. The van der Waals surface area contributed by atoms with Gasteiger partial charge in [-0.25, -0.2) is 4.79 Å². The van der Waals surface area contributed by atoms with E-state index < -0.39 is 18.6 Å². The minimum absolute atomic E-state index is 0.137. The maximum absolute atomic E-state index is 11.9. The van der Waals surface area contributed by atoms with E-state index in [2.05, 4.69) is 10.1 Å². The summed E-state index contributed by atoms with van der Waals surface area (Å²) in [6, 6.07) is 0. The summed E-state index contributed by atoms with van der Waals surface area (Å²) in [7, 11) is 1.32. The molecule has 0 fully saturated rings. The van der Waals surface area contributed by atoms with Gasteiger partial charge in [-0.05, 0) is 6.92 Å². The highest BCUT2D eigenvalue weighted by Crippen LogP contribution is 2.22. The average Bonchev–Trinajstić information content (AvgIpc) is 2.01. The standard InChI is InChI=1S/C8H12F3NO2/c1-3-14-7(13)4-6(12-2)5-8(9,10)11/h4,12H,3,5H2,1-2H3. The summed E-state index contributed by atoms with van der Waals surface area (Å²) in [5, 5.41) is 2.29. The monoisotopic (exact) mass is 211 g/mol. The summed E-state index contributed by atoms with van der Waals surface area (Å²) in [6.07, 6.45) is -4.69. The Balaban J connectivity index is 4.32. The van der Waals surface area contributed by atoms with Crippen molar-refractivity contribution in [2.75, 3.05) is 13.7 Å². The van der Waals surface area contributed by atoms with E-state index in [-0.39, 0.29) is 12.3 Å². The number of ether oxygens (including phenoxy) is 1. The number of carbonyl (C=O) groups is 1. The molecule has 0 spiro atoms. The van der Waals surface area contributed by atoms with Gasteiger partial charge in [-0.3, -0.25) is 0 Å². The first-order valence-electron chi connectivity index (χ1n) is 4.01. The second kappa shape index (κ2) is 5.51. The maximum Gasteiger partial charge on any atom is 0.394 e. The van der Waals surface area contributed by atoms with E-state index in [0.717, 1.165) is 6.08 Å². The Bertz CT molecular complexity index is 223. The van der Waals surface area contributed by atoms with E-state index in [9.17, 15) is 18.0 Å². The Labute approximate surface area is 79.9 Å². The zero-order chi connectivity index (χ0) is 11.2. The third-order valence-corrected chi connectivity index (χ3v) is 1.29. The quantitative estimate of drug-likeness (QED) is 0.567. The summed E-state index contributed by atoms with van der Waals surface area (Å²) < 4.78 is 40.2. The van der Waals surface area contributed by atoms with Crippen LogP contribution in [0.25, 0.3) is 0 Å². The Morgan fingerprint density at radius 1 is 1.50 bits per heavy atom. The molecular formula is C8H12F3NO2. The van der Waals surface area contributed by atoms with Gasteiger partial charge in [0.15, 0.2) is 0 Å². The van der Waals surface area contributed by atoms with Crippen molar-refractivity contribution in [1.82, 2.24) is 5.32 Å². The largest absolute Gasteiger partial charge is 0.463 e. The summed E-state index contributed by atoms with van der Waals surface area (Å²) in [5.74, 6) is -0.777. The van der Waals surface area contributed by atoms with E-state index in [1.54, 1.807) is 6.92 Å². The highest BCUT2D eigenvalue weighted by Gasteiger charge is 2.28. The molecule has 0 saturated carbocycles. The lowest BCUT2D eigenvalue weighted by molar-refractivity contribution is -0.137. The van der Waals surface area contributed by atoms with Crippen LogP contribution in [0.1, 0.15) is 13.3 Å². The molecule has 0 aliphatic rings. The molecular weight excluding hydrogens is 199 g/mol. The lowest BCUT2D eigenvalue weighted by Gasteiger charge is -2.09. The van der Waals surface area contributed by atoms with Crippen molar-refractivity contribution < 1.29 is 22.7 Å². The minimum Gasteiger partial charge on any atom is -0.463 e. The smallest absolute Gasteiger partial charge is 0.394 e. The normalized spacial score (nSPS) is 12.5. The summed E-state index contributed by atoms with van der Waals surface area (Å²) >= 11 is 0. The number of allylic oxidation sites excluding steroid dienone is 1. The second-order valence-corrected chi connectivity index (χ2v) is 2.46. The molecule has 14 heavy (non-hydrogen) atoms. The zero-order valence-corrected chi connectivity index (χ0v) is 7.94. The van der Waals surface area contributed by atoms with Crippen molar-refractivity contribution in [2.24, 2.45) is 0 Å². The van der Waals surface area contributed by atoms with Crippen LogP contribution in [-0.2, 0) is 9.53 Å². The van der Waals surface area contributed by atoms with Crippen molar-refractivity contribution in [2.45, 2.75) is 19.5 Å². The minimum atomic E-state index is -4.33.